The summed E-state index contributed by atoms with van der Waals surface area (Å²) in [6, 6.07) is 8.18. The van der Waals surface area contributed by atoms with Gasteiger partial charge in [-0.1, -0.05) is 30.4 Å². The molecule has 0 aliphatic heterocycles. The van der Waals surface area contributed by atoms with Crippen molar-refractivity contribution < 1.29 is 0 Å². The zero-order valence-electron chi connectivity index (χ0n) is 7.63. The van der Waals surface area contributed by atoms with Crippen LogP contribution in [-0.2, 0) is 0 Å². The Morgan fingerprint density at radius 3 is 2.85 bits per heavy atom. The number of halogens is 1. The molecular formula is C11H12IN. The van der Waals surface area contributed by atoms with Crippen LogP contribution in [0.1, 0.15) is 12.5 Å². The summed E-state index contributed by atoms with van der Waals surface area (Å²) in [7, 11) is 0. The molecule has 0 atom stereocenters. The lowest BCUT2D eigenvalue weighted by Gasteiger charge is -1.96. The van der Waals surface area contributed by atoms with Crippen LogP contribution in [0.2, 0.25) is 0 Å². The molecule has 1 aromatic rings. The summed E-state index contributed by atoms with van der Waals surface area (Å²) in [6.45, 7) is 6.49. The second-order valence-electron chi connectivity index (χ2n) is 2.95. The maximum atomic E-state index is 4.27. The van der Waals surface area contributed by atoms with Gasteiger partial charge in [-0.2, -0.15) is 0 Å². The Bertz CT molecular complexity index is 329. The predicted octanol–water partition coefficient (Wildman–Crippen LogP) is 3.29. The summed E-state index contributed by atoms with van der Waals surface area (Å²) in [4.78, 5) is 4.27. The van der Waals surface area contributed by atoms with E-state index in [-0.39, 0.29) is 0 Å². The molecule has 0 aliphatic rings. The molecule has 0 aliphatic carbocycles. The maximum Gasteiger partial charge on any atom is 0.0594 e. The molecule has 68 valence electrons. The van der Waals surface area contributed by atoms with Crippen molar-refractivity contribution in [2.45, 2.75) is 6.92 Å². The number of hydrogen-bond donors (Lipinski definition) is 0. The summed E-state index contributed by atoms with van der Waals surface area (Å²) in [6.07, 6.45) is 1.90. The normalized spacial score (nSPS) is 10.6. The van der Waals surface area contributed by atoms with Crippen molar-refractivity contribution in [3.05, 3.63) is 45.6 Å². The average Bonchev–Trinajstić information content (AvgIpc) is 2.08. The molecule has 0 N–H and O–H groups in total. The molecule has 0 bridgehead atoms. The fourth-order valence-corrected chi connectivity index (χ4v) is 1.41. The zero-order chi connectivity index (χ0) is 9.68. The summed E-state index contributed by atoms with van der Waals surface area (Å²) < 4.78 is 1.23. The highest BCUT2D eigenvalue weighted by atomic mass is 127. The Kier molecular flexibility index (Phi) is 4.15. The van der Waals surface area contributed by atoms with Crippen LogP contribution in [0.3, 0.4) is 0 Å². The molecule has 0 aromatic heterocycles. The number of aliphatic imine (C=N–C) groups is 1. The van der Waals surface area contributed by atoms with Crippen LogP contribution in [0, 0.1) is 3.57 Å². The van der Waals surface area contributed by atoms with E-state index in [0.717, 1.165) is 5.57 Å². The maximum absolute atomic E-state index is 4.27. The van der Waals surface area contributed by atoms with Crippen molar-refractivity contribution in [3.63, 3.8) is 0 Å². The van der Waals surface area contributed by atoms with E-state index in [2.05, 4.69) is 46.3 Å². The third kappa shape index (κ3) is 3.72. The van der Waals surface area contributed by atoms with Gasteiger partial charge in [0.05, 0.1) is 6.54 Å². The minimum absolute atomic E-state index is 0.713. The summed E-state index contributed by atoms with van der Waals surface area (Å²) in [5.41, 5.74) is 2.26. The van der Waals surface area contributed by atoms with Gasteiger partial charge in [0.25, 0.3) is 0 Å². The lowest BCUT2D eigenvalue weighted by Crippen LogP contribution is -1.87. The number of hydrogen-bond acceptors (Lipinski definition) is 1. The first-order chi connectivity index (χ1) is 6.20. The average molecular weight is 285 g/mol. The third-order valence-electron chi connectivity index (χ3n) is 1.50. The molecule has 0 saturated heterocycles. The lowest BCUT2D eigenvalue weighted by atomic mass is 10.2. The van der Waals surface area contributed by atoms with Crippen LogP contribution < -0.4 is 0 Å². The van der Waals surface area contributed by atoms with Gasteiger partial charge in [-0.3, -0.25) is 4.99 Å². The Morgan fingerprint density at radius 2 is 2.23 bits per heavy atom. The lowest BCUT2D eigenvalue weighted by molar-refractivity contribution is 1.15. The van der Waals surface area contributed by atoms with Gasteiger partial charge in [0.2, 0.25) is 0 Å². The SMILES string of the molecule is C=C(C)CN=Cc1ccccc1I. The highest BCUT2D eigenvalue weighted by Gasteiger charge is 1.92. The second-order valence-corrected chi connectivity index (χ2v) is 4.11. The van der Waals surface area contributed by atoms with Gasteiger partial charge in [-0.15, -0.1) is 0 Å². The fourth-order valence-electron chi connectivity index (χ4n) is 0.880. The Morgan fingerprint density at radius 1 is 1.54 bits per heavy atom. The topological polar surface area (TPSA) is 12.4 Å². The zero-order valence-corrected chi connectivity index (χ0v) is 9.78. The largest absolute Gasteiger partial charge is 0.288 e. The minimum atomic E-state index is 0.713. The van der Waals surface area contributed by atoms with Crippen LogP contribution in [0.4, 0.5) is 0 Å². The molecule has 2 heteroatoms. The first-order valence-electron chi connectivity index (χ1n) is 4.09. The van der Waals surface area contributed by atoms with Crippen LogP contribution in [0.25, 0.3) is 0 Å². The number of nitrogens with zero attached hydrogens (tertiary/aromatic N) is 1. The Hall–Kier alpha value is -0.640. The molecule has 1 rings (SSSR count). The van der Waals surface area contributed by atoms with E-state index in [1.165, 1.54) is 9.13 Å². The van der Waals surface area contributed by atoms with Gasteiger partial charge >= 0.3 is 0 Å². The van der Waals surface area contributed by atoms with Gasteiger partial charge in [-0.25, -0.2) is 0 Å². The summed E-state index contributed by atoms with van der Waals surface area (Å²) >= 11 is 2.30. The molecular weight excluding hydrogens is 273 g/mol. The van der Waals surface area contributed by atoms with Crippen molar-refractivity contribution in [3.8, 4) is 0 Å². The van der Waals surface area contributed by atoms with Gasteiger partial charge in [0.15, 0.2) is 0 Å². The summed E-state index contributed by atoms with van der Waals surface area (Å²) in [5.74, 6) is 0. The van der Waals surface area contributed by atoms with Crippen molar-refractivity contribution in [2.24, 2.45) is 4.99 Å². The van der Waals surface area contributed by atoms with Crippen molar-refractivity contribution >= 4 is 28.8 Å². The van der Waals surface area contributed by atoms with Gasteiger partial charge in [0, 0.05) is 15.3 Å². The fraction of sp³-hybridized carbons (Fsp3) is 0.182. The van der Waals surface area contributed by atoms with E-state index in [1.54, 1.807) is 0 Å². The smallest absolute Gasteiger partial charge is 0.0594 e. The van der Waals surface area contributed by atoms with Crippen molar-refractivity contribution in [1.82, 2.24) is 0 Å². The monoisotopic (exact) mass is 285 g/mol. The highest BCUT2D eigenvalue weighted by Crippen LogP contribution is 2.08. The first-order valence-corrected chi connectivity index (χ1v) is 5.17. The van der Waals surface area contributed by atoms with Crippen LogP contribution >= 0.6 is 22.6 Å². The van der Waals surface area contributed by atoms with Gasteiger partial charge in [0.1, 0.15) is 0 Å². The van der Waals surface area contributed by atoms with E-state index in [1.807, 2.05) is 25.3 Å². The highest BCUT2D eigenvalue weighted by molar-refractivity contribution is 14.1. The van der Waals surface area contributed by atoms with Crippen LogP contribution in [0.15, 0.2) is 41.4 Å². The predicted molar refractivity (Wildman–Crippen MR) is 66.4 cm³/mol. The molecule has 0 amide bonds. The molecule has 13 heavy (non-hydrogen) atoms. The van der Waals surface area contributed by atoms with E-state index in [0.29, 0.717) is 6.54 Å². The van der Waals surface area contributed by atoms with Crippen molar-refractivity contribution in [1.29, 1.82) is 0 Å². The molecule has 1 aromatic carbocycles. The quantitative estimate of drug-likeness (QED) is 0.459. The van der Waals surface area contributed by atoms with Gasteiger partial charge in [-0.05, 0) is 35.6 Å². The van der Waals surface area contributed by atoms with Gasteiger partial charge < -0.3 is 0 Å². The minimum Gasteiger partial charge on any atom is -0.288 e. The second kappa shape index (κ2) is 5.17. The Balaban J connectivity index is 2.68. The molecule has 0 radical (unpaired) electrons. The Labute approximate surface area is 92.7 Å². The molecule has 0 unspecified atom stereocenters. The third-order valence-corrected chi connectivity index (χ3v) is 2.48. The van der Waals surface area contributed by atoms with Crippen LogP contribution in [0.5, 0.6) is 0 Å². The summed E-state index contributed by atoms with van der Waals surface area (Å²) in [5, 5.41) is 0. The standard InChI is InChI=1S/C11H12IN/c1-9(2)7-13-8-10-5-3-4-6-11(10)12/h3-6,8H,1,7H2,2H3. The van der Waals surface area contributed by atoms with E-state index in [4.69, 9.17) is 0 Å². The van der Waals surface area contributed by atoms with Crippen molar-refractivity contribution in [2.75, 3.05) is 6.54 Å². The van der Waals surface area contributed by atoms with Crippen LogP contribution in [-0.4, -0.2) is 12.8 Å². The molecule has 0 spiro atoms. The first kappa shape index (κ1) is 10.4. The number of rotatable bonds is 3. The van der Waals surface area contributed by atoms with E-state index < -0.39 is 0 Å². The molecule has 1 nitrogen and oxygen atoms in total. The molecule has 0 saturated carbocycles. The number of benzene rings is 1. The molecule has 0 fully saturated rings. The molecule has 0 heterocycles. The van der Waals surface area contributed by atoms with E-state index in [9.17, 15) is 0 Å². The van der Waals surface area contributed by atoms with E-state index >= 15 is 0 Å².